The van der Waals surface area contributed by atoms with Gasteiger partial charge in [-0.25, -0.2) is 0 Å². The first-order valence-electron chi connectivity index (χ1n) is 7.29. The summed E-state index contributed by atoms with van der Waals surface area (Å²) < 4.78 is 5.04. The molecule has 5 nitrogen and oxygen atoms in total. The number of nitrogens with zero attached hydrogens (tertiary/aromatic N) is 1. The molecule has 112 valence electrons. The van der Waals surface area contributed by atoms with Crippen molar-refractivity contribution in [1.82, 2.24) is 0 Å². The highest BCUT2D eigenvalue weighted by molar-refractivity contribution is 5.66. The van der Waals surface area contributed by atoms with Gasteiger partial charge in [0.15, 0.2) is 6.10 Å². The van der Waals surface area contributed by atoms with E-state index in [0.29, 0.717) is 6.42 Å². The highest BCUT2D eigenvalue weighted by Gasteiger charge is 2.28. The summed E-state index contributed by atoms with van der Waals surface area (Å²) >= 11 is 0. The Labute approximate surface area is 115 Å². The van der Waals surface area contributed by atoms with Crippen molar-refractivity contribution in [3.8, 4) is 0 Å². The lowest BCUT2D eigenvalue weighted by Crippen LogP contribution is -2.34. The van der Waals surface area contributed by atoms with Crippen LogP contribution in [0.15, 0.2) is 0 Å². The number of esters is 1. The number of hydrogen-bond donors (Lipinski definition) is 0. The molecular weight excluding hydrogens is 246 g/mol. The molecule has 0 bridgehead atoms. The van der Waals surface area contributed by atoms with Crippen LogP contribution in [0.1, 0.15) is 72.1 Å². The molecule has 0 fully saturated rings. The Bertz CT molecular complexity index is 268. The van der Waals surface area contributed by atoms with Crippen LogP contribution in [0.5, 0.6) is 0 Å². The first-order valence-corrected chi connectivity index (χ1v) is 7.29. The normalized spacial score (nSPS) is 13.8. The molecule has 0 N–H and O–H groups in total. The summed E-state index contributed by atoms with van der Waals surface area (Å²) in [7, 11) is 0. The standard InChI is InChI=1S/C14H27NO4/c1-4-5-6-7-8-9-10-11-14(19-13(3)16)12(2)15(17)18/h12,14H,4-11H2,1-3H3. The molecule has 2 unspecified atom stereocenters. The first kappa shape index (κ1) is 17.9. The molecule has 0 heterocycles. The third kappa shape index (κ3) is 9.45. The summed E-state index contributed by atoms with van der Waals surface area (Å²) in [5.41, 5.74) is 0. The van der Waals surface area contributed by atoms with E-state index < -0.39 is 18.1 Å². The van der Waals surface area contributed by atoms with Crippen molar-refractivity contribution in [2.24, 2.45) is 0 Å². The van der Waals surface area contributed by atoms with Crippen LogP contribution < -0.4 is 0 Å². The summed E-state index contributed by atoms with van der Waals surface area (Å²) in [6.45, 7) is 4.97. The molecule has 0 rings (SSSR count). The van der Waals surface area contributed by atoms with Crippen molar-refractivity contribution in [3.63, 3.8) is 0 Å². The topological polar surface area (TPSA) is 69.4 Å². The number of ether oxygens (including phenoxy) is 1. The number of carbonyl (C=O) groups excluding carboxylic acids is 1. The molecule has 0 saturated heterocycles. The Morgan fingerprint density at radius 2 is 1.68 bits per heavy atom. The Morgan fingerprint density at radius 3 is 2.16 bits per heavy atom. The van der Waals surface area contributed by atoms with Crippen molar-refractivity contribution in [1.29, 1.82) is 0 Å². The second-order valence-electron chi connectivity index (χ2n) is 5.08. The predicted octanol–water partition coefficient (Wildman–Crippen LogP) is 3.72. The van der Waals surface area contributed by atoms with Crippen LogP contribution in [0.4, 0.5) is 0 Å². The van der Waals surface area contributed by atoms with E-state index in [1.165, 1.54) is 39.5 Å². The van der Waals surface area contributed by atoms with E-state index in [1.54, 1.807) is 0 Å². The van der Waals surface area contributed by atoms with Crippen LogP contribution in [0.3, 0.4) is 0 Å². The van der Waals surface area contributed by atoms with Crippen molar-refractivity contribution >= 4 is 5.97 Å². The SMILES string of the molecule is CCCCCCCCCC(OC(C)=O)C(C)[N+](=O)[O-]. The molecule has 0 saturated carbocycles. The second-order valence-corrected chi connectivity index (χ2v) is 5.08. The van der Waals surface area contributed by atoms with E-state index in [9.17, 15) is 14.9 Å². The Morgan fingerprint density at radius 1 is 1.16 bits per heavy atom. The average molecular weight is 273 g/mol. The van der Waals surface area contributed by atoms with Gasteiger partial charge in [0, 0.05) is 18.8 Å². The zero-order chi connectivity index (χ0) is 14.7. The highest BCUT2D eigenvalue weighted by Crippen LogP contribution is 2.15. The number of nitro groups is 1. The average Bonchev–Trinajstić information content (AvgIpc) is 2.34. The van der Waals surface area contributed by atoms with E-state index in [0.717, 1.165) is 19.3 Å². The van der Waals surface area contributed by atoms with Gasteiger partial charge in [0.05, 0.1) is 0 Å². The monoisotopic (exact) mass is 273 g/mol. The van der Waals surface area contributed by atoms with Gasteiger partial charge < -0.3 is 4.74 Å². The zero-order valence-corrected chi connectivity index (χ0v) is 12.4. The Hall–Kier alpha value is -1.13. The summed E-state index contributed by atoms with van der Waals surface area (Å²) in [6.07, 6.45) is 8.04. The minimum absolute atomic E-state index is 0.380. The molecule has 0 aliphatic heterocycles. The molecule has 0 radical (unpaired) electrons. The van der Waals surface area contributed by atoms with E-state index in [-0.39, 0.29) is 4.92 Å². The maximum absolute atomic E-state index is 10.9. The van der Waals surface area contributed by atoms with Crippen LogP contribution in [-0.2, 0) is 9.53 Å². The third-order valence-electron chi connectivity index (χ3n) is 3.28. The number of hydrogen-bond acceptors (Lipinski definition) is 4. The fraction of sp³-hybridized carbons (Fsp3) is 0.929. The lowest BCUT2D eigenvalue weighted by atomic mass is 10.0. The molecule has 0 aliphatic carbocycles. The van der Waals surface area contributed by atoms with Gasteiger partial charge >= 0.3 is 5.97 Å². The number of carbonyl (C=O) groups is 1. The minimum Gasteiger partial charge on any atom is -0.455 e. The molecule has 2 atom stereocenters. The molecule has 0 aliphatic rings. The maximum Gasteiger partial charge on any atom is 0.303 e. The first-order chi connectivity index (χ1) is 8.99. The van der Waals surface area contributed by atoms with Crippen LogP contribution in [-0.4, -0.2) is 23.0 Å². The van der Waals surface area contributed by atoms with E-state index in [4.69, 9.17) is 4.74 Å². The van der Waals surface area contributed by atoms with Gasteiger partial charge in [0.2, 0.25) is 6.04 Å². The summed E-state index contributed by atoms with van der Waals surface area (Å²) in [4.78, 5) is 21.3. The van der Waals surface area contributed by atoms with E-state index in [1.807, 2.05) is 0 Å². The molecular formula is C14H27NO4. The zero-order valence-electron chi connectivity index (χ0n) is 12.4. The van der Waals surface area contributed by atoms with Crippen molar-refractivity contribution in [2.75, 3.05) is 0 Å². The fourth-order valence-electron chi connectivity index (χ4n) is 2.05. The van der Waals surface area contributed by atoms with Gasteiger partial charge in [0.25, 0.3) is 0 Å². The molecule has 0 aromatic carbocycles. The predicted molar refractivity (Wildman–Crippen MR) is 74.6 cm³/mol. The van der Waals surface area contributed by atoms with Gasteiger partial charge in [0.1, 0.15) is 0 Å². The molecule has 0 amide bonds. The van der Waals surface area contributed by atoms with Gasteiger partial charge in [-0.15, -0.1) is 0 Å². The second kappa shape index (κ2) is 10.8. The summed E-state index contributed by atoms with van der Waals surface area (Å²) in [5.74, 6) is -0.443. The van der Waals surface area contributed by atoms with Crippen molar-refractivity contribution in [3.05, 3.63) is 10.1 Å². The highest BCUT2D eigenvalue weighted by atomic mass is 16.6. The lowest BCUT2D eigenvalue weighted by molar-refractivity contribution is -0.529. The smallest absolute Gasteiger partial charge is 0.303 e. The van der Waals surface area contributed by atoms with Gasteiger partial charge in [-0.3, -0.25) is 14.9 Å². The van der Waals surface area contributed by atoms with Crippen LogP contribution in [0, 0.1) is 10.1 Å². The summed E-state index contributed by atoms with van der Waals surface area (Å²) in [5, 5.41) is 10.7. The van der Waals surface area contributed by atoms with Crippen LogP contribution >= 0.6 is 0 Å². The fourth-order valence-corrected chi connectivity index (χ4v) is 2.05. The van der Waals surface area contributed by atoms with Crippen LogP contribution in [0.25, 0.3) is 0 Å². The lowest BCUT2D eigenvalue weighted by Gasteiger charge is -2.17. The van der Waals surface area contributed by atoms with Gasteiger partial charge in [-0.2, -0.15) is 0 Å². The van der Waals surface area contributed by atoms with Crippen LogP contribution in [0.2, 0.25) is 0 Å². The Balaban J connectivity index is 3.86. The quantitative estimate of drug-likeness (QED) is 0.249. The number of unbranched alkanes of at least 4 members (excludes halogenated alkanes) is 6. The molecule has 0 aromatic heterocycles. The minimum atomic E-state index is -0.830. The molecule has 0 spiro atoms. The molecule has 0 aromatic rings. The third-order valence-corrected chi connectivity index (χ3v) is 3.28. The van der Waals surface area contributed by atoms with Crippen molar-refractivity contribution < 1.29 is 14.5 Å². The maximum atomic E-state index is 10.9. The summed E-state index contributed by atoms with van der Waals surface area (Å²) in [6, 6.07) is -0.830. The molecule has 19 heavy (non-hydrogen) atoms. The Kier molecular flexibility index (Phi) is 10.1. The van der Waals surface area contributed by atoms with Gasteiger partial charge in [-0.05, 0) is 12.8 Å². The molecule has 5 heteroatoms. The van der Waals surface area contributed by atoms with Crippen molar-refractivity contribution in [2.45, 2.75) is 84.3 Å². The number of rotatable bonds is 11. The van der Waals surface area contributed by atoms with E-state index >= 15 is 0 Å². The van der Waals surface area contributed by atoms with E-state index in [2.05, 4.69) is 6.92 Å². The van der Waals surface area contributed by atoms with Gasteiger partial charge in [-0.1, -0.05) is 45.4 Å². The largest absolute Gasteiger partial charge is 0.455 e.